The molecule has 1 fully saturated rings. The van der Waals surface area contributed by atoms with Gasteiger partial charge in [0.05, 0.1) is 6.54 Å². The topological polar surface area (TPSA) is 61.4 Å². The molecule has 0 bridgehead atoms. The quantitative estimate of drug-likeness (QED) is 0.670. The Balaban J connectivity index is 2.38. The van der Waals surface area contributed by atoms with E-state index in [4.69, 9.17) is 0 Å². The van der Waals surface area contributed by atoms with Crippen molar-refractivity contribution < 1.29 is 9.59 Å². The van der Waals surface area contributed by atoms with Gasteiger partial charge in [-0.15, -0.1) is 0 Å². The molecule has 1 heterocycles. The van der Waals surface area contributed by atoms with Gasteiger partial charge in [0.2, 0.25) is 11.8 Å². The summed E-state index contributed by atoms with van der Waals surface area (Å²) in [5.74, 6) is 0.408. The van der Waals surface area contributed by atoms with E-state index in [0.717, 1.165) is 19.5 Å². The Bertz CT molecular complexity index is 250. The van der Waals surface area contributed by atoms with Gasteiger partial charge in [-0.25, -0.2) is 0 Å². The first-order valence-corrected chi connectivity index (χ1v) is 5.86. The maximum absolute atomic E-state index is 11.9. The summed E-state index contributed by atoms with van der Waals surface area (Å²) in [4.78, 5) is 24.7. The van der Waals surface area contributed by atoms with Crippen LogP contribution in [0, 0.1) is 5.92 Å². The summed E-state index contributed by atoms with van der Waals surface area (Å²) in [6, 6.07) is 0. The van der Waals surface area contributed by atoms with Gasteiger partial charge in [-0.2, -0.15) is 0 Å². The first kappa shape index (κ1) is 13.0. The summed E-state index contributed by atoms with van der Waals surface area (Å²) < 4.78 is 0. The van der Waals surface area contributed by atoms with Gasteiger partial charge in [-0.3, -0.25) is 9.59 Å². The molecule has 5 heteroatoms. The van der Waals surface area contributed by atoms with Crippen molar-refractivity contribution in [1.82, 2.24) is 15.5 Å². The Morgan fingerprint density at radius 2 is 2.25 bits per heavy atom. The van der Waals surface area contributed by atoms with Crippen molar-refractivity contribution in [1.29, 1.82) is 0 Å². The molecule has 0 radical (unpaired) electrons. The van der Waals surface area contributed by atoms with Crippen molar-refractivity contribution in [3.05, 3.63) is 0 Å². The molecule has 1 rings (SSSR count). The van der Waals surface area contributed by atoms with Crippen LogP contribution in [0.4, 0.5) is 0 Å². The van der Waals surface area contributed by atoms with E-state index in [1.165, 1.54) is 0 Å². The zero-order valence-corrected chi connectivity index (χ0v) is 10.1. The lowest BCUT2D eigenvalue weighted by Gasteiger charge is -2.21. The van der Waals surface area contributed by atoms with Crippen LogP contribution in [-0.4, -0.2) is 49.9 Å². The minimum atomic E-state index is -0.111. The molecule has 5 nitrogen and oxygen atoms in total. The van der Waals surface area contributed by atoms with Crippen LogP contribution in [0.1, 0.15) is 19.8 Å². The number of hydrogen-bond donors (Lipinski definition) is 2. The smallest absolute Gasteiger partial charge is 0.239 e. The number of hydrogen-bond acceptors (Lipinski definition) is 3. The fourth-order valence-electron chi connectivity index (χ4n) is 1.89. The fraction of sp³-hybridized carbons (Fsp3) is 0.818. The summed E-state index contributed by atoms with van der Waals surface area (Å²) in [5, 5.41) is 5.77. The van der Waals surface area contributed by atoms with Crippen LogP contribution in [0.2, 0.25) is 0 Å². The van der Waals surface area contributed by atoms with Crippen LogP contribution in [0.25, 0.3) is 0 Å². The normalized spacial score (nSPS) is 19.5. The van der Waals surface area contributed by atoms with Crippen molar-refractivity contribution in [2.24, 2.45) is 5.92 Å². The molecular weight excluding hydrogens is 206 g/mol. The number of nitrogens with one attached hydrogen (secondary N) is 2. The predicted octanol–water partition coefficient (Wildman–Crippen LogP) is -0.419. The van der Waals surface area contributed by atoms with Crippen molar-refractivity contribution in [2.45, 2.75) is 19.8 Å². The summed E-state index contributed by atoms with van der Waals surface area (Å²) >= 11 is 0. The third-order valence-electron chi connectivity index (χ3n) is 2.97. The molecule has 16 heavy (non-hydrogen) atoms. The molecule has 1 unspecified atom stereocenters. The molecule has 1 aliphatic heterocycles. The lowest BCUT2D eigenvalue weighted by Crippen LogP contribution is -2.40. The zero-order valence-electron chi connectivity index (χ0n) is 10.1. The summed E-state index contributed by atoms with van der Waals surface area (Å²) in [6.07, 6.45) is 1.61. The maximum Gasteiger partial charge on any atom is 0.239 e. The van der Waals surface area contributed by atoms with Gasteiger partial charge in [0.1, 0.15) is 0 Å². The second-order valence-electron chi connectivity index (χ2n) is 4.14. The molecule has 0 aromatic carbocycles. The highest BCUT2D eigenvalue weighted by molar-refractivity contribution is 5.84. The highest BCUT2D eigenvalue weighted by atomic mass is 16.2. The van der Waals surface area contributed by atoms with E-state index < -0.39 is 0 Å². The highest BCUT2D eigenvalue weighted by Gasteiger charge is 2.22. The van der Waals surface area contributed by atoms with Gasteiger partial charge in [-0.1, -0.05) is 0 Å². The van der Waals surface area contributed by atoms with E-state index >= 15 is 0 Å². The predicted molar refractivity (Wildman–Crippen MR) is 61.9 cm³/mol. The first-order valence-electron chi connectivity index (χ1n) is 5.86. The van der Waals surface area contributed by atoms with Crippen LogP contribution in [0.5, 0.6) is 0 Å². The Morgan fingerprint density at radius 1 is 1.50 bits per heavy atom. The van der Waals surface area contributed by atoms with E-state index in [2.05, 4.69) is 10.6 Å². The van der Waals surface area contributed by atoms with Crippen molar-refractivity contribution in [3.63, 3.8) is 0 Å². The third kappa shape index (κ3) is 3.81. The van der Waals surface area contributed by atoms with E-state index in [-0.39, 0.29) is 18.4 Å². The Kier molecular flexibility index (Phi) is 5.25. The lowest BCUT2D eigenvalue weighted by molar-refractivity contribution is -0.136. The molecule has 0 spiro atoms. The molecule has 2 N–H and O–H groups in total. The average molecular weight is 227 g/mol. The van der Waals surface area contributed by atoms with E-state index in [1.54, 1.807) is 11.9 Å². The minimum absolute atomic E-state index is 0.0831. The molecule has 1 atom stereocenters. The Morgan fingerprint density at radius 3 is 2.75 bits per heavy atom. The molecule has 0 aromatic heterocycles. The molecule has 1 saturated heterocycles. The highest BCUT2D eigenvalue weighted by Crippen LogP contribution is 2.13. The van der Waals surface area contributed by atoms with Crippen molar-refractivity contribution >= 4 is 11.8 Å². The summed E-state index contributed by atoms with van der Waals surface area (Å²) in [6.45, 7) is 4.58. The zero-order chi connectivity index (χ0) is 12.0. The van der Waals surface area contributed by atoms with Crippen molar-refractivity contribution in [3.8, 4) is 0 Å². The standard InChI is InChI=1S/C11H21N3O2/c1-3-14(8-10(15)12-2)11(16)6-9-4-5-13-7-9/h9,13H,3-8H2,1-2H3,(H,12,15). The van der Waals surface area contributed by atoms with E-state index in [0.29, 0.717) is 18.9 Å². The average Bonchev–Trinajstić information content (AvgIpc) is 2.77. The summed E-state index contributed by atoms with van der Waals surface area (Å²) in [5.41, 5.74) is 0. The number of rotatable bonds is 5. The van der Waals surface area contributed by atoms with Crippen LogP contribution in [-0.2, 0) is 9.59 Å². The maximum atomic E-state index is 11.9. The molecule has 0 saturated carbocycles. The Labute approximate surface area is 96.6 Å². The van der Waals surface area contributed by atoms with Crippen LogP contribution < -0.4 is 10.6 Å². The minimum Gasteiger partial charge on any atom is -0.358 e. The number of nitrogens with zero attached hydrogens (tertiary/aromatic N) is 1. The van der Waals surface area contributed by atoms with E-state index in [1.807, 2.05) is 6.92 Å². The van der Waals surface area contributed by atoms with Gasteiger partial charge in [-0.05, 0) is 32.4 Å². The molecule has 92 valence electrons. The largest absolute Gasteiger partial charge is 0.358 e. The molecule has 1 aliphatic rings. The van der Waals surface area contributed by atoms with Gasteiger partial charge in [0.15, 0.2) is 0 Å². The second kappa shape index (κ2) is 6.48. The molecule has 2 amide bonds. The van der Waals surface area contributed by atoms with Gasteiger partial charge >= 0.3 is 0 Å². The van der Waals surface area contributed by atoms with Gasteiger partial charge in [0.25, 0.3) is 0 Å². The third-order valence-corrected chi connectivity index (χ3v) is 2.97. The first-order chi connectivity index (χ1) is 7.67. The van der Waals surface area contributed by atoms with Gasteiger partial charge < -0.3 is 15.5 Å². The monoisotopic (exact) mass is 227 g/mol. The van der Waals surface area contributed by atoms with E-state index in [9.17, 15) is 9.59 Å². The fourth-order valence-corrected chi connectivity index (χ4v) is 1.89. The van der Waals surface area contributed by atoms with Crippen LogP contribution in [0.3, 0.4) is 0 Å². The number of amides is 2. The number of likely N-dealkylation sites (N-methyl/N-ethyl adjacent to an activating group) is 2. The molecular formula is C11H21N3O2. The Hall–Kier alpha value is -1.10. The molecule has 0 aliphatic carbocycles. The SMILES string of the molecule is CCN(CC(=O)NC)C(=O)CC1CCNC1. The second-order valence-corrected chi connectivity index (χ2v) is 4.14. The van der Waals surface area contributed by atoms with Crippen LogP contribution in [0.15, 0.2) is 0 Å². The number of carbonyl (C=O) groups is 2. The van der Waals surface area contributed by atoms with Crippen LogP contribution >= 0.6 is 0 Å². The lowest BCUT2D eigenvalue weighted by atomic mass is 10.0. The van der Waals surface area contributed by atoms with Gasteiger partial charge in [0, 0.05) is 20.0 Å². The summed E-state index contributed by atoms with van der Waals surface area (Å²) in [7, 11) is 1.58. The number of carbonyl (C=O) groups excluding carboxylic acids is 2. The molecule has 0 aromatic rings. The van der Waals surface area contributed by atoms with Crippen molar-refractivity contribution in [2.75, 3.05) is 33.2 Å².